The zero-order chi connectivity index (χ0) is 12.5. The van der Waals surface area contributed by atoms with E-state index in [9.17, 15) is 4.79 Å². The number of likely N-dealkylation sites (N-methyl/N-ethyl adjacent to an activating group) is 1. The maximum atomic E-state index is 9.82. The second kappa shape index (κ2) is 8.44. The summed E-state index contributed by atoms with van der Waals surface area (Å²) in [6, 6.07) is 0. The summed E-state index contributed by atoms with van der Waals surface area (Å²) in [4.78, 5) is 9.82. The second-order valence-electron chi connectivity index (χ2n) is 4.25. The van der Waals surface area contributed by atoms with Crippen molar-refractivity contribution in [3.63, 3.8) is 0 Å². The van der Waals surface area contributed by atoms with E-state index in [1.54, 1.807) is 6.92 Å². The molecule has 0 aromatic carbocycles. The first kappa shape index (κ1) is 16.6. The van der Waals surface area contributed by atoms with Gasteiger partial charge in [-0.3, -0.25) is 4.79 Å². The fourth-order valence-corrected chi connectivity index (χ4v) is 0.988. The second-order valence-corrected chi connectivity index (χ2v) is 4.25. The number of primary amides is 1. The van der Waals surface area contributed by atoms with Crippen molar-refractivity contribution in [2.45, 2.75) is 20.3 Å². The van der Waals surface area contributed by atoms with E-state index >= 15 is 0 Å². The van der Waals surface area contributed by atoms with E-state index in [0.29, 0.717) is 12.2 Å². The molecule has 1 amide bonds. The number of quaternary nitrogens is 1. The lowest BCUT2D eigenvalue weighted by molar-refractivity contribution is -0.890. The SMILES string of the molecule is C=C(C)C(N)=O.CCC[N+](C)(C)CCO. The molecule has 0 spiro atoms. The first-order valence-electron chi connectivity index (χ1n) is 5.15. The van der Waals surface area contributed by atoms with Gasteiger partial charge in [-0.2, -0.15) is 0 Å². The molecule has 0 atom stereocenters. The van der Waals surface area contributed by atoms with Gasteiger partial charge in [0.05, 0.1) is 27.2 Å². The minimum atomic E-state index is -0.435. The molecule has 0 saturated heterocycles. The van der Waals surface area contributed by atoms with Crippen LogP contribution in [0.25, 0.3) is 0 Å². The maximum Gasteiger partial charge on any atom is 0.243 e. The highest BCUT2D eigenvalue weighted by Gasteiger charge is 2.10. The average molecular weight is 217 g/mol. The highest BCUT2D eigenvalue weighted by molar-refractivity contribution is 5.90. The number of aliphatic hydroxyl groups is 1. The Morgan fingerprint density at radius 2 is 1.80 bits per heavy atom. The van der Waals surface area contributed by atoms with Crippen LogP contribution in [-0.4, -0.2) is 49.3 Å². The molecule has 0 rings (SSSR count). The smallest absolute Gasteiger partial charge is 0.243 e. The summed E-state index contributed by atoms with van der Waals surface area (Å²) >= 11 is 0. The summed E-state index contributed by atoms with van der Waals surface area (Å²) in [5.41, 5.74) is 5.09. The van der Waals surface area contributed by atoms with Gasteiger partial charge >= 0.3 is 0 Å². The van der Waals surface area contributed by atoms with Gasteiger partial charge in [0.15, 0.2) is 0 Å². The Balaban J connectivity index is 0. The number of nitrogens with zero attached hydrogens (tertiary/aromatic N) is 1. The van der Waals surface area contributed by atoms with Crippen LogP contribution in [0.2, 0.25) is 0 Å². The van der Waals surface area contributed by atoms with Crippen molar-refractivity contribution < 1.29 is 14.4 Å². The monoisotopic (exact) mass is 217 g/mol. The molecule has 0 fully saturated rings. The van der Waals surface area contributed by atoms with Crippen molar-refractivity contribution in [2.75, 3.05) is 33.8 Å². The Bertz CT molecular complexity index is 181. The number of nitrogens with two attached hydrogens (primary N) is 1. The molecular weight excluding hydrogens is 192 g/mol. The average Bonchev–Trinajstić information content (AvgIpc) is 2.04. The molecule has 0 bridgehead atoms. The summed E-state index contributed by atoms with van der Waals surface area (Å²) in [6.07, 6.45) is 1.19. The number of hydrogen-bond acceptors (Lipinski definition) is 2. The standard InChI is InChI=1S/C7H18NO.C4H7NO/c1-4-5-8(2,3)6-7-9;1-3(2)4(5)6/h9H,4-7H2,1-3H3;1H2,2H3,(H2,5,6)/q+1;. The molecule has 0 aliphatic heterocycles. The molecule has 4 nitrogen and oxygen atoms in total. The van der Waals surface area contributed by atoms with Crippen LogP contribution in [0.1, 0.15) is 20.3 Å². The van der Waals surface area contributed by atoms with Crippen LogP contribution in [0, 0.1) is 0 Å². The Morgan fingerprint density at radius 1 is 1.40 bits per heavy atom. The van der Waals surface area contributed by atoms with Crippen LogP contribution in [0.5, 0.6) is 0 Å². The minimum Gasteiger partial charge on any atom is -0.391 e. The third-order valence-corrected chi connectivity index (χ3v) is 1.95. The molecule has 0 aromatic rings. The first-order valence-corrected chi connectivity index (χ1v) is 5.15. The molecule has 0 unspecified atom stereocenters. The Morgan fingerprint density at radius 3 is 2.00 bits per heavy atom. The van der Waals surface area contributed by atoms with E-state index in [0.717, 1.165) is 17.6 Å². The van der Waals surface area contributed by atoms with Crippen molar-refractivity contribution in [2.24, 2.45) is 5.73 Å². The first-order chi connectivity index (χ1) is 6.76. The highest BCUT2D eigenvalue weighted by atomic mass is 16.3. The summed E-state index contributed by atoms with van der Waals surface area (Å²) in [6.45, 7) is 9.34. The molecule has 0 heterocycles. The predicted molar refractivity (Wildman–Crippen MR) is 63.2 cm³/mol. The van der Waals surface area contributed by atoms with E-state index in [-0.39, 0.29) is 0 Å². The molecule has 4 heteroatoms. The van der Waals surface area contributed by atoms with Crippen molar-refractivity contribution in [3.05, 3.63) is 12.2 Å². The number of rotatable bonds is 5. The lowest BCUT2D eigenvalue weighted by atomic mass is 10.3. The zero-order valence-electron chi connectivity index (χ0n) is 10.4. The molecular formula is C11H25N2O2+. The summed E-state index contributed by atoms with van der Waals surface area (Å²) in [5.74, 6) is -0.435. The fourth-order valence-electron chi connectivity index (χ4n) is 0.988. The van der Waals surface area contributed by atoms with Gasteiger partial charge in [0.25, 0.3) is 0 Å². The topological polar surface area (TPSA) is 63.3 Å². The summed E-state index contributed by atoms with van der Waals surface area (Å²) in [7, 11) is 4.28. The van der Waals surface area contributed by atoms with Gasteiger partial charge < -0.3 is 15.3 Å². The van der Waals surface area contributed by atoms with E-state index < -0.39 is 5.91 Å². The maximum absolute atomic E-state index is 9.82. The van der Waals surface area contributed by atoms with Gasteiger partial charge in [-0.1, -0.05) is 13.5 Å². The Kier molecular flexibility index (Phi) is 9.31. The van der Waals surface area contributed by atoms with Gasteiger partial charge in [0.1, 0.15) is 6.54 Å². The molecule has 0 aliphatic rings. The van der Waals surface area contributed by atoms with Crippen LogP contribution < -0.4 is 5.73 Å². The normalized spacial score (nSPS) is 10.2. The Hall–Kier alpha value is -0.870. The van der Waals surface area contributed by atoms with Crippen LogP contribution >= 0.6 is 0 Å². The largest absolute Gasteiger partial charge is 0.391 e. The molecule has 0 saturated carbocycles. The predicted octanol–water partition coefficient (Wildman–Crippen LogP) is 0.513. The van der Waals surface area contributed by atoms with E-state index in [1.165, 1.54) is 6.42 Å². The van der Waals surface area contributed by atoms with Gasteiger partial charge in [-0.05, 0) is 13.3 Å². The van der Waals surface area contributed by atoms with E-state index in [2.05, 4.69) is 27.6 Å². The van der Waals surface area contributed by atoms with Gasteiger partial charge in [-0.15, -0.1) is 0 Å². The van der Waals surface area contributed by atoms with Gasteiger partial charge in [0.2, 0.25) is 5.91 Å². The van der Waals surface area contributed by atoms with E-state index in [1.807, 2.05) is 0 Å². The Labute approximate surface area is 93.0 Å². The number of amides is 1. The minimum absolute atomic E-state index is 0.299. The highest BCUT2D eigenvalue weighted by Crippen LogP contribution is 1.96. The molecule has 3 N–H and O–H groups in total. The van der Waals surface area contributed by atoms with E-state index in [4.69, 9.17) is 10.8 Å². The van der Waals surface area contributed by atoms with Crippen molar-refractivity contribution in [1.82, 2.24) is 0 Å². The third kappa shape index (κ3) is 13.1. The number of aliphatic hydroxyl groups excluding tert-OH is 1. The van der Waals surface area contributed by atoms with Gasteiger partial charge in [-0.25, -0.2) is 0 Å². The number of carbonyl (C=O) groups excluding carboxylic acids is 1. The molecule has 0 aromatic heterocycles. The molecule has 0 aliphatic carbocycles. The van der Waals surface area contributed by atoms with Crippen molar-refractivity contribution in [1.29, 1.82) is 0 Å². The van der Waals surface area contributed by atoms with Crippen molar-refractivity contribution in [3.8, 4) is 0 Å². The van der Waals surface area contributed by atoms with Crippen LogP contribution in [0.4, 0.5) is 0 Å². The van der Waals surface area contributed by atoms with Crippen LogP contribution in [0.15, 0.2) is 12.2 Å². The molecule has 0 radical (unpaired) electrons. The summed E-state index contributed by atoms with van der Waals surface area (Å²) < 4.78 is 0.938. The summed E-state index contributed by atoms with van der Waals surface area (Å²) in [5, 5.41) is 8.61. The lowest BCUT2D eigenvalue weighted by Gasteiger charge is -2.28. The van der Waals surface area contributed by atoms with Crippen LogP contribution in [-0.2, 0) is 4.79 Å². The zero-order valence-corrected chi connectivity index (χ0v) is 10.4. The van der Waals surface area contributed by atoms with Crippen molar-refractivity contribution >= 4 is 5.91 Å². The van der Waals surface area contributed by atoms with Crippen LogP contribution in [0.3, 0.4) is 0 Å². The third-order valence-electron chi connectivity index (χ3n) is 1.95. The number of hydrogen-bond donors (Lipinski definition) is 2. The lowest BCUT2D eigenvalue weighted by Crippen LogP contribution is -2.42. The molecule has 90 valence electrons. The molecule has 15 heavy (non-hydrogen) atoms. The fraction of sp³-hybridized carbons (Fsp3) is 0.727. The van der Waals surface area contributed by atoms with Gasteiger partial charge in [0, 0.05) is 5.57 Å². The quantitative estimate of drug-likeness (QED) is 0.521. The number of carbonyl (C=O) groups is 1.